The molecule has 6 heteroatoms. The van der Waals surface area contributed by atoms with Crippen LogP contribution in [0.5, 0.6) is 0 Å². The van der Waals surface area contributed by atoms with Crippen LogP contribution in [0.25, 0.3) is 10.1 Å². The molecule has 0 aliphatic heterocycles. The Morgan fingerprint density at radius 3 is 2.92 bits per heavy atom. The molecular formula is C18H20ClN3OS. The Bertz CT molecular complexity index is 776. The summed E-state index contributed by atoms with van der Waals surface area (Å²) in [6.07, 6.45) is 4.52. The normalized spacial score (nSPS) is 10.3. The molecule has 0 aliphatic rings. The maximum absolute atomic E-state index is 12.1. The molecule has 4 nitrogen and oxygen atoms in total. The minimum Gasteiger partial charge on any atom is -0.352 e. The average Bonchev–Trinajstić information content (AvgIpc) is 3.06. The first kappa shape index (κ1) is 18.4. The first-order valence-corrected chi connectivity index (χ1v) is 8.56. The standard InChI is InChI=1S/C18H19N3OS.ClH/c22-18(16-4-5-17-15(11-16)6-10-23-17)21-9-2-8-20-13-14-3-1-7-19-12-14;/h1,3-7,10-12,20H,2,8-9,13H2,(H,21,22);1H. The monoisotopic (exact) mass is 361 g/mol. The van der Waals surface area contributed by atoms with Crippen LogP contribution in [-0.4, -0.2) is 24.0 Å². The molecule has 0 bridgehead atoms. The van der Waals surface area contributed by atoms with Crippen LogP contribution < -0.4 is 10.6 Å². The van der Waals surface area contributed by atoms with Gasteiger partial charge in [-0.3, -0.25) is 9.78 Å². The van der Waals surface area contributed by atoms with E-state index in [1.54, 1.807) is 17.5 Å². The van der Waals surface area contributed by atoms with Crippen LogP contribution in [0.1, 0.15) is 22.3 Å². The SMILES string of the molecule is Cl.O=C(NCCCNCc1cccnc1)c1ccc2sccc2c1. The number of carbonyl (C=O) groups excluding carboxylic acids is 1. The molecule has 0 atom stereocenters. The van der Waals surface area contributed by atoms with Crippen LogP contribution in [-0.2, 0) is 6.54 Å². The summed E-state index contributed by atoms with van der Waals surface area (Å²) in [6, 6.07) is 11.9. The first-order chi connectivity index (χ1) is 11.3. The summed E-state index contributed by atoms with van der Waals surface area (Å²) >= 11 is 1.69. The van der Waals surface area contributed by atoms with Crippen LogP contribution in [0.3, 0.4) is 0 Å². The summed E-state index contributed by atoms with van der Waals surface area (Å²) in [4.78, 5) is 16.2. The molecule has 0 saturated carbocycles. The highest BCUT2D eigenvalue weighted by molar-refractivity contribution is 7.17. The summed E-state index contributed by atoms with van der Waals surface area (Å²) in [5.74, 6) is -0.00893. The van der Waals surface area contributed by atoms with Gasteiger partial charge in [0.05, 0.1) is 0 Å². The lowest BCUT2D eigenvalue weighted by molar-refractivity contribution is 0.0953. The molecule has 0 fully saturated rings. The molecule has 0 spiro atoms. The number of hydrogen-bond donors (Lipinski definition) is 2. The van der Waals surface area contributed by atoms with Gasteiger partial charge in [-0.25, -0.2) is 0 Å². The lowest BCUT2D eigenvalue weighted by Crippen LogP contribution is -2.27. The Kier molecular flexibility index (Phi) is 7.18. The highest BCUT2D eigenvalue weighted by Gasteiger charge is 2.06. The van der Waals surface area contributed by atoms with Gasteiger partial charge >= 0.3 is 0 Å². The van der Waals surface area contributed by atoms with Crippen LogP contribution in [0.2, 0.25) is 0 Å². The summed E-state index contributed by atoms with van der Waals surface area (Å²) in [6.45, 7) is 2.33. The number of aromatic nitrogens is 1. The number of carbonyl (C=O) groups is 1. The first-order valence-electron chi connectivity index (χ1n) is 7.68. The number of pyridine rings is 1. The third-order valence-corrected chi connectivity index (χ3v) is 4.48. The van der Waals surface area contributed by atoms with Gasteiger partial charge in [0.15, 0.2) is 0 Å². The van der Waals surface area contributed by atoms with E-state index in [0.29, 0.717) is 6.54 Å². The van der Waals surface area contributed by atoms with E-state index in [0.717, 1.165) is 30.5 Å². The number of amides is 1. The van der Waals surface area contributed by atoms with Crippen molar-refractivity contribution in [1.82, 2.24) is 15.6 Å². The molecule has 0 saturated heterocycles. The van der Waals surface area contributed by atoms with Gasteiger partial charge in [0, 0.05) is 35.7 Å². The number of rotatable bonds is 7. The Hall–Kier alpha value is -1.95. The molecule has 3 rings (SSSR count). The third-order valence-electron chi connectivity index (χ3n) is 3.58. The van der Waals surface area contributed by atoms with Crippen molar-refractivity contribution in [2.45, 2.75) is 13.0 Å². The van der Waals surface area contributed by atoms with Gasteiger partial charge in [-0.15, -0.1) is 23.7 Å². The topological polar surface area (TPSA) is 54.0 Å². The van der Waals surface area contributed by atoms with Gasteiger partial charge in [0.1, 0.15) is 0 Å². The van der Waals surface area contributed by atoms with E-state index in [9.17, 15) is 4.79 Å². The van der Waals surface area contributed by atoms with Gasteiger partial charge in [0.25, 0.3) is 5.91 Å². The van der Waals surface area contributed by atoms with Crippen molar-refractivity contribution in [2.24, 2.45) is 0 Å². The Morgan fingerprint density at radius 2 is 2.08 bits per heavy atom. The summed E-state index contributed by atoms with van der Waals surface area (Å²) < 4.78 is 1.21. The summed E-state index contributed by atoms with van der Waals surface area (Å²) in [5, 5.41) is 9.48. The van der Waals surface area contributed by atoms with E-state index in [4.69, 9.17) is 0 Å². The third kappa shape index (κ3) is 5.03. The van der Waals surface area contributed by atoms with E-state index < -0.39 is 0 Å². The summed E-state index contributed by atoms with van der Waals surface area (Å²) in [5.41, 5.74) is 1.89. The van der Waals surface area contributed by atoms with Crippen molar-refractivity contribution < 1.29 is 4.79 Å². The molecule has 1 aromatic carbocycles. The number of fused-ring (bicyclic) bond motifs is 1. The van der Waals surface area contributed by atoms with E-state index >= 15 is 0 Å². The number of thiophene rings is 1. The molecular weight excluding hydrogens is 342 g/mol. The summed E-state index contributed by atoms with van der Waals surface area (Å²) in [7, 11) is 0. The van der Waals surface area contributed by atoms with Gasteiger partial charge < -0.3 is 10.6 Å². The smallest absolute Gasteiger partial charge is 0.251 e. The van der Waals surface area contributed by atoms with E-state index in [2.05, 4.69) is 15.6 Å². The lowest BCUT2D eigenvalue weighted by Gasteiger charge is -2.07. The number of nitrogens with zero attached hydrogens (tertiary/aromatic N) is 1. The Labute approximate surface area is 151 Å². The van der Waals surface area contributed by atoms with Gasteiger partial charge in [-0.2, -0.15) is 0 Å². The lowest BCUT2D eigenvalue weighted by atomic mass is 10.1. The maximum atomic E-state index is 12.1. The van der Waals surface area contributed by atoms with Crippen molar-refractivity contribution in [3.63, 3.8) is 0 Å². The highest BCUT2D eigenvalue weighted by atomic mass is 35.5. The Morgan fingerprint density at radius 1 is 1.17 bits per heavy atom. The minimum atomic E-state index is -0.00893. The predicted molar refractivity (Wildman–Crippen MR) is 102 cm³/mol. The molecule has 1 amide bonds. The number of halogens is 1. The fourth-order valence-electron chi connectivity index (χ4n) is 2.36. The second-order valence-electron chi connectivity index (χ2n) is 5.32. The quantitative estimate of drug-likeness (QED) is 0.632. The van der Waals surface area contributed by atoms with Crippen LogP contribution in [0, 0.1) is 0 Å². The molecule has 2 N–H and O–H groups in total. The Balaban J connectivity index is 0.00000208. The zero-order valence-electron chi connectivity index (χ0n) is 13.2. The van der Waals surface area contributed by atoms with Crippen molar-refractivity contribution in [3.8, 4) is 0 Å². The fraction of sp³-hybridized carbons (Fsp3) is 0.222. The zero-order chi connectivity index (χ0) is 15.9. The molecule has 0 unspecified atom stereocenters. The predicted octanol–water partition coefficient (Wildman–Crippen LogP) is 3.63. The molecule has 126 valence electrons. The second kappa shape index (κ2) is 9.37. The molecule has 0 aliphatic carbocycles. The average molecular weight is 362 g/mol. The van der Waals surface area contributed by atoms with Crippen LogP contribution in [0.15, 0.2) is 54.2 Å². The molecule has 24 heavy (non-hydrogen) atoms. The van der Waals surface area contributed by atoms with E-state index in [-0.39, 0.29) is 18.3 Å². The minimum absolute atomic E-state index is 0. The van der Waals surface area contributed by atoms with Crippen molar-refractivity contribution >= 4 is 39.7 Å². The van der Waals surface area contributed by atoms with Crippen molar-refractivity contribution in [1.29, 1.82) is 0 Å². The molecule has 0 radical (unpaired) electrons. The largest absolute Gasteiger partial charge is 0.352 e. The van der Waals surface area contributed by atoms with E-state index in [1.807, 2.05) is 48.0 Å². The van der Waals surface area contributed by atoms with Crippen molar-refractivity contribution in [3.05, 3.63) is 65.3 Å². The van der Waals surface area contributed by atoms with Gasteiger partial charge in [-0.1, -0.05) is 6.07 Å². The highest BCUT2D eigenvalue weighted by Crippen LogP contribution is 2.21. The molecule has 2 heterocycles. The maximum Gasteiger partial charge on any atom is 0.251 e. The van der Waals surface area contributed by atoms with Gasteiger partial charge in [-0.05, 0) is 59.6 Å². The molecule has 2 aromatic heterocycles. The zero-order valence-corrected chi connectivity index (χ0v) is 14.8. The van der Waals surface area contributed by atoms with Crippen LogP contribution in [0.4, 0.5) is 0 Å². The second-order valence-corrected chi connectivity index (χ2v) is 6.27. The number of benzene rings is 1. The van der Waals surface area contributed by atoms with Gasteiger partial charge in [0.2, 0.25) is 0 Å². The van der Waals surface area contributed by atoms with E-state index in [1.165, 1.54) is 10.3 Å². The fourth-order valence-corrected chi connectivity index (χ4v) is 3.13. The molecule has 3 aromatic rings. The number of hydrogen-bond acceptors (Lipinski definition) is 4. The van der Waals surface area contributed by atoms with Crippen molar-refractivity contribution in [2.75, 3.05) is 13.1 Å². The number of nitrogens with one attached hydrogen (secondary N) is 2. The van der Waals surface area contributed by atoms with Crippen LogP contribution >= 0.6 is 23.7 Å².